The SMILES string of the molecule is CCOC(=O)c1cc(CC)sc1NC(=O)C(C)(C)Oc1ccc(Cl)cc1. The maximum atomic E-state index is 12.7. The van der Waals surface area contributed by atoms with Crippen LogP contribution in [0.2, 0.25) is 5.02 Å². The summed E-state index contributed by atoms with van der Waals surface area (Å²) in [6.07, 6.45) is 0.762. The average Bonchev–Trinajstić information content (AvgIpc) is 3.00. The van der Waals surface area contributed by atoms with Crippen LogP contribution in [0.15, 0.2) is 30.3 Å². The van der Waals surface area contributed by atoms with Crippen LogP contribution in [0, 0.1) is 0 Å². The highest BCUT2D eigenvalue weighted by atomic mass is 35.5. The summed E-state index contributed by atoms with van der Waals surface area (Å²) in [4.78, 5) is 25.9. The van der Waals surface area contributed by atoms with Gasteiger partial charge in [0, 0.05) is 9.90 Å². The zero-order chi connectivity index (χ0) is 19.3. The Labute approximate surface area is 162 Å². The Bertz CT molecular complexity index is 783. The minimum Gasteiger partial charge on any atom is -0.478 e. The van der Waals surface area contributed by atoms with E-state index in [9.17, 15) is 9.59 Å². The van der Waals surface area contributed by atoms with E-state index in [0.29, 0.717) is 21.3 Å². The topological polar surface area (TPSA) is 64.6 Å². The molecule has 0 unspecified atom stereocenters. The van der Waals surface area contributed by atoms with Crippen LogP contribution in [0.25, 0.3) is 0 Å². The van der Waals surface area contributed by atoms with E-state index in [4.69, 9.17) is 21.1 Å². The first-order valence-electron chi connectivity index (χ1n) is 8.32. The summed E-state index contributed by atoms with van der Waals surface area (Å²) in [5, 5.41) is 3.86. The Morgan fingerprint density at radius 2 is 1.85 bits per heavy atom. The molecule has 0 fully saturated rings. The maximum Gasteiger partial charge on any atom is 0.341 e. The van der Waals surface area contributed by atoms with Crippen LogP contribution in [0.1, 0.15) is 42.9 Å². The van der Waals surface area contributed by atoms with Gasteiger partial charge in [-0.3, -0.25) is 4.79 Å². The third kappa shape index (κ3) is 4.99. The Morgan fingerprint density at radius 3 is 2.42 bits per heavy atom. The normalized spacial score (nSPS) is 11.1. The van der Waals surface area contributed by atoms with Crippen molar-refractivity contribution in [3.8, 4) is 5.75 Å². The summed E-state index contributed by atoms with van der Waals surface area (Å²) < 4.78 is 10.9. The summed E-state index contributed by atoms with van der Waals surface area (Å²) >= 11 is 7.22. The van der Waals surface area contributed by atoms with E-state index >= 15 is 0 Å². The molecule has 0 spiro atoms. The van der Waals surface area contributed by atoms with Crippen molar-refractivity contribution in [2.45, 2.75) is 39.7 Å². The first-order valence-corrected chi connectivity index (χ1v) is 9.52. The monoisotopic (exact) mass is 395 g/mol. The molecule has 0 radical (unpaired) electrons. The summed E-state index contributed by atoms with van der Waals surface area (Å²) in [5.41, 5.74) is -0.778. The zero-order valence-electron chi connectivity index (χ0n) is 15.2. The van der Waals surface area contributed by atoms with Crippen molar-refractivity contribution in [1.82, 2.24) is 0 Å². The number of carbonyl (C=O) groups excluding carboxylic acids is 2. The summed E-state index contributed by atoms with van der Waals surface area (Å²) in [6, 6.07) is 8.53. The van der Waals surface area contributed by atoms with E-state index in [1.54, 1.807) is 51.1 Å². The van der Waals surface area contributed by atoms with Crippen LogP contribution in [0.5, 0.6) is 5.75 Å². The van der Waals surface area contributed by atoms with E-state index in [2.05, 4.69) is 5.32 Å². The molecule has 0 bridgehead atoms. The highest BCUT2D eigenvalue weighted by Gasteiger charge is 2.32. The lowest BCUT2D eigenvalue weighted by Gasteiger charge is -2.25. The number of esters is 1. The molecule has 26 heavy (non-hydrogen) atoms. The molecule has 0 aliphatic heterocycles. The Kier molecular flexibility index (Phi) is 6.67. The van der Waals surface area contributed by atoms with Crippen molar-refractivity contribution in [3.63, 3.8) is 0 Å². The van der Waals surface area contributed by atoms with Crippen LogP contribution in [0.3, 0.4) is 0 Å². The zero-order valence-corrected chi connectivity index (χ0v) is 16.8. The van der Waals surface area contributed by atoms with E-state index in [0.717, 1.165) is 11.3 Å². The molecule has 1 heterocycles. The van der Waals surface area contributed by atoms with Crippen molar-refractivity contribution < 1.29 is 19.1 Å². The molecular weight excluding hydrogens is 374 g/mol. The molecule has 2 aromatic rings. The lowest BCUT2D eigenvalue weighted by molar-refractivity contribution is -0.128. The van der Waals surface area contributed by atoms with E-state index in [-0.39, 0.29) is 12.5 Å². The molecule has 0 aliphatic carbocycles. The molecule has 1 aromatic carbocycles. The lowest BCUT2D eigenvalue weighted by atomic mass is 10.1. The van der Waals surface area contributed by atoms with Crippen LogP contribution in [-0.2, 0) is 16.0 Å². The van der Waals surface area contributed by atoms with Gasteiger partial charge in [-0.1, -0.05) is 18.5 Å². The molecule has 0 saturated carbocycles. The number of ether oxygens (including phenoxy) is 2. The van der Waals surface area contributed by atoms with E-state index < -0.39 is 11.6 Å². The molecule has 140 valence electrons. The smallest absolute Gasteiger partial charge is 0.341 e. The van der Waals surface area contributed by atoms with E-state index in [1.807, 2.05) is 6.92 Å². The number of anilines is 1. The number of hydrogen-bond acceptors (Lipinski definition) is 5. The van der Waals surface area contributed by atoms with Crippen molar-refractivity contribution in [2.24, 2.45) is 0 Å². The summed E-state index contributed by atoms with van der Waals surface area (Å²) in [7, 11) is 0. The molecule has 1 aromatic heterocycles. The van der Waals surface area contributed by atoms with Gasteiger partial charge >= 0.3 is 5.97 Å². The minimum absolute atomic E-state index is 0.273. The largest absolute Gasteiger partial charge is 0.478 e. The van der Waals surface area contributed by atoms with Gasteiger partial charge in [0.1, 0.15) is 10.8 Å². The number of hydrogen-bond donors (Lipinski definition) is 1. The minimum atomic E-state index is -1.14. The van der Waals surface area contributed by atoms with Gasteiger partial charge in [-0.25, -0.2) is 4.79 Å². The van der Waals surface area contributed by atoms with Gasteiger partial charge in [0.05, 0.1) is 12.2 Å². The first-order chi connectivity index (χ1) is 12.3. The molecule has 0 aliphatic rings. The Morgan fingerprint density at radius 1 is 1.19 bits per heavy atom. The first kappa shape index (κ1) is 20.3. The molecular formula is C19H22ClNO4S. The second-order valence-electron chi connectivity index (χ2n) is 6.05. The van der Waals surface area contributed by atoms with Gasteiger partial charge in [0.15, 0.2) is 5.60 Å². The fourth-order valence-corrected chi connectivity index (χ4v) is 3.27. The van der Waals surface area contributed by atoms with Crippen LogP contribution >= 0.6 is 22.9 Å². The molecule has 7 heteroatoms. The number of benzene rings is 1. The quantitative estimate of drug-likeness (QED) is 0.674. The number of amides is 1. The number of rotatable bonds is 7. The standard InChI is InChI=1S/C19H22ClNO4S/c1-5-14-11-15(17(22)24-6-2)16(26-14)21-18(23)19(3,4)25-13-9-7-12(20)8-10-13/h7-11H,5-6H2,1-4H3,(H,21,23). The van der Waals surface area contributed by atoms with Crippen LogP contribution in [0.4, 0.5) is 5.00 Å². The molecule has 1 N–H and O–H groups in total. The number of aryl methyl sites for hydroxylation is 1. The second-order valence-corrected chi connectivity index (χ2v) is 7.62. The fraction of sp³-hybridized carbons (Fsp3) is 0.368. The van der Waals surface area contributed by atoms with Gasteiger partial charge < -0.3 is 14.8 Å². The highest BCUT2D eigenvalue weighted by molar-refractivity contribution is 7.16. The fourth-order valence-electron chi connectivity index (χ4n) is 2.17. The van der Waals surface area contributed by atoms with Gasteiger partial charge in [0.2, 0.25) is 0 Å². The van der Waals surface area contributed by atoms with Gasteiger partial charge in [0.25, 0.3) is 5.91 Å². The summed E-state index contributed by atoms with van der Waals surface area (Å²) in [6.45, 7) is 7.33. The van der Waals surface area contributed by atoms with Gasteiger partial charge in [-0.15, -0.1) is 11.3 Å². The molecule has 1 amide bonds. The predicted molar refractivity (Wildman–Crippen MR) is 104 cm³/mol. The van der Waals surface area contributed by atoms with Gasteiger partial charge in [-0.05, 0) is 57.5 Å². The number of carbonyl (C=O) groups is 2. The van der Waals surface area contributed by atoms with Crippen molar-refractivity contribution in [1.29, 1.82) is 0 Å². The molecule has 2 rings (SSSR count). The summed E-state index contributed by atoms with van der Waals surface area (Å²) in [5.74, 6) is -0.279. The third-order valence-electron chi connectivity index (χ3n) is 3.59. The van der Waals surface area contributed by atoms with Crippen molar-refractivity contribution in [2.75, 3.05) is 11.9 Å². The van der Waals surface area contributed by atoms with Crippen molar-refractivity contribution >= 4 is 39.8 Å². The van der Waals surface area contributed by atoms with Gasteiger partial charge in [-0.2, -0.15) is 0 Å². The molecule has 0 atom stereocenters. The third-order valence-corrected chi connectivity index (χ3v) is 5.03. The maximum absolute atomic E-state index is 12.7. The lowest BCUT2D eigenvalue weighted by Crippen LogP contribution is -2.42. The van der Waals surface area contributed by atoms with Crippen LogP contribution < -0.4 is 10.1 Å². The number of halogens is 1. The van der Waals surface area contributed by atoms with Crippen molar-refractivity contribution in [3.05, 3.63) is 45.8 Å². The average molecular weight is 396 g/mol. The molecule has 0 saturated heterocycles. The number of thiophene rings is 1. The predicted octanol–water partition coefficient (Wildman–Crippen LogP) is 4.94. The molecule has 5 nitrogen and oxygen atoms in total. The Balaban J connectivity index is 2.18. The second kappa shape index (κ2) is 8.56. The van der Waals surface area contributed by atoms with Crippen LogP contribution in [-0.4, -0.2) is 24.1 Å². The van der Waals surface area contributed by atoms with E-state index in [1.165, 1.54) is 11.3 Å². The highest BCUT2D eigenvalue weighted by Crippen LogP contribution is 2.31. The Hall–Kier alpha value is -2.05. The number of nitrogens with one attached hydrogen (secondary N) is 1.